The summed E-state index contributed by atoms with van der Waals surface area (Å²) in [4.78, 5) is 22.1. The monoisotopic (exact) mass is 320 g/mol. The van der Waals surface area contributed by atoms with Crippen LogP contribution in [0.1, 0.15) is 19.3 Å². The van der Waals surface area contributed by atoms with Gasteiger partial charge in [-0.2, -0.15) is 0 Å². The average molecular weight is 322 g/mol. The number of carbonyl (C=O) groups is 2. The molecule has 1 unspecified atom stereocenters. The molecule has 106 valence electrons. The summed E-state index contributed by atoms with van der Waals surface area (Å²) in [7, 11) is 0. The summed E-state index contributed by atoms with van der Waals surface area (Å²) < 4.78 is 2.83. The lowest BCUT2D eigenvalue weighted by atomic mass is 10.1. The van der Waals surface area contributed by atoms with Crippen molar-refractivity contribution < 1.29 is 19.4 Å². The van der Waals surface area contributed by atoms with E-state index in [1.54, 1.807) is 0 Å². The van der Waals surface area contributed by atoms with Gasteiger partial charge in [-0.3, -0.25) is 0 Å². The zero-order chi connectivity index (χ0) is 14.2. The number of carboxylic acid groups (broad SMARTS) is 1. The highest BCUT2D eigenvalue weighted by Crippen LogP contribution is 2.25. The van der Waals surface area contributed by atoms with Gasteiger partial charge in [-0.25, -0.2) is 9.59 Å². The molecular formula is C9H15Cl3N2O4. The molecule has 0 radical (unpaired) electrons. The van der Waals surface area contributed by atoms with E-state index in [1.165, 1.54) is 0 Å². The predicted molar refractivity (Wildman–Crippen MR) is 69.1 cm³/mol. The van der Waals surface area contributed by atoms with E-state index in [9.17, 15) is 9.59 Å². The summed E-state index contributed by atoms with van der Waals surface area (Å²) >= 11 is 16.1. The highest BCUT2D eigenvalue weighted by Gasteiger charge is 2.24. The zero-order valence-corrected chi connectivity index (χ0v) is 11.8. The molecule has 0 aromatic carbocycles. The van der Waals surface area contributed by atoms with Gasteiger partial charge in [0, 0.05) is 0 Å². The lowest BCUT2D eigenvalue weighted by Gasteiger charge is -2.16. The van der Waals surface area contributed by atoms with Crippen LogP contribution in [-0.2, 0) is 9.53 Å². The van der Waals surface area contributed by atoms with Crippen molar-refractivity contribution in [3.05, 3.63) is 0 Å². The Hall–Kier alpha value is -0.430. The molecule has 0 aromatic rings. The first-order valence-corrected chi connectivity index (χ1v) is 6.32. The van der Waals surface area contributed by atoms with Crippen LogP contribution < -0.4 is 11.1 Å². The molecule has 0 aliphatic rings. The van der Waals surface area contributed by atoms with Crippen molar-refractivity contribution in [3.8, 4) is 0 Å². The van der Waals surface area contributed by atoms with Crippen molar-refractivity contribution in [2.24, 2.45) is 5.73 Å². The molecule has 9 heteroatoms. The highest BCUT2D eigenvalue weighted by atomic mass is 35.6. The smallest absolute Gasteiger partial charge is 0.407 e. The normalized spacial score (nSPS) is 12.9. The van der Waals surface area contributed by atoms with Crippen LogP contribution in [0.3, 0.4) is 0 Å². The second kappa shape index (κ2) is 8.63. The fourth-order valence-corrected chi connectivity index (χ4v) is 1.25. The third-order valence-electron chi connectivity index (χ3n) is 1.90. The van der Waals surface area contributed by atoms with Crippen molar-refractivity contribution >= 4 is 46.9 Å². The number of halogens is 3. The SMILES string of the molecule is NCCCCC(NC(=O)OCC(Cl)(Cl)Cl)C(=O)O. The number of aliphatic carboxylic acids is 1. The van der Waals surface area contributed by atoms with Gasteiger partial charge in [-0.05, 0) is 25.8 Å². The van der Waals surface area contributed by atoms with Crippen molar-refractivity contribution in [1.29, 1.82) is 0 Å². The molecule has 1 amide bonds. The number of alkyl carbamates (subject to hydrolysis) is 1. The van der Waals surface area contributed by atoms with Gasteiger partial charge in [-0.1, -0.05) is 34.8 Å². The van der Waals surface area contributed by atoms with E-state index < -0.39 is 28.5 Å². The summed E-state index contributed by atoms with van der Waals surface area (Å²) in [5.74, 6) is -1.15. The van der Waals surface area contributed by atoms with Crippen LogP contribution in [0.15, 0.2) is 0 Å². The summed E-state index contributed by atoms with van der Waals surface area (Å²) in [5, 5.41) is 11.0. The summed E-state index contributed by atoms with van der Waals surface area (Å²) in [6.07, 6.45) is 0.573. The summed E-state index contributed by atoms with van der Waals surface area (Å²) in [6.45, 7) is 0.00267. The largest absolute Gasteiger partial charge is 0.480 e. The Balaban J connectivity index is 4.08. The maximum Gasteiger partial charge on any atom is 0.407 e. The second-order valence-corrected chi connectivity index (χ2v) is 6.03. The molecule has 0 spiro atoms. The van der Waals surface area contributed by atoms with Gasteiger partial charge in [0.2, 0.25) is 3.79 Å². The average Bonchev–Trinajstić information content (AvgIpc) is 2.24. The van der Waals surface area contributed by atoms with Crippen molar-refractivity contribution in [3.63, 3.8) is 0 Å². The zero-order valence-electron chi connectivity index (χ0n) is 9.50. The van der Waals surface area contributed by atoms with Crippen molar-refractivity contribution in [2.75, 3.05) is 13.2 Å². The van der Waals surface area contributed by atoms with Crippen molar-refractivity contribution in [2.45, 2.75) is 29.1 Å². The topological polar surface area (TPSA) is 102 Å². The molecule has 0 bridgehead atoms. The molecule has 4 N–H and O–H groups in total. The molecule has 0 rings (SSSR count). The highest BCUT2D eigenvalue weighted by molar-refractivity contribution is 6.67. The predicted octanol–water partition coefficient (Wildman–Crippen LogP) is 1.67. The number of alkyl halides is 3. The van der Waals surface area contributed by atoms with E-state index in [0.717, 1.165) is 0 Å². The van der Waals surface area contributed by atoms with Gasteiger partial charge in [0.15, 0.2) is 0 Å². The third kappa shape index (κ3) is 9.58. The fraction of sp³-hybridized carbons (Fsp3) is 0.778. The molecule has 0 saturated heterocycles. The molecule has 0 fully saturated rings. The van der Waals surface area contributed by atoms with Gasteiger partial charge in [0.05, 0.1) is 0 Å². The second-order valence-electron chi connectivity index (χ2n) is 3.51. The molecule has 0 heterocycles. The Bertz CT molecular complexity index is 283. The Labute approximate surface area is 120 Å². The molecule has 0 aromatic heterocycles. The number of ether oxygens (including phenoxy) is 1. The Morgan fingerprint density at radius 1 is 1.33 bits per heavy atom. The number of amides is 1. The number of unbranched alkanes of at least 4 members (excludes halogenated alkanes) is 1. The minimum Gasteiger partial charge on any atom is -0.480 e. The fourth-order valence-electron chi connectivity index (χ4n) is 1.08. The molecule has 1 atom stereocenters. The first-order chi connectivity index (χ1) is 8.26. The molecule has 6 nitrogen and oxygen atoms in total. The van der Waals surface area contributed by atoms with Gasteiger partial charge < -0.3 is 20.9 Å². The van der Waals surface area contributed by atoms with Crippen molar-refractivity contribution in [1.82, 2.24) is 5.32 Å². The number of rotatable bonds is 7. The number of carboxylic acids is 1. The van der Waals surface area contributed by atoms with E-state index in [2.05, 4.69) is 10.1 Å². The first-order valence-electron chi connectivity index (χ1n) is 5.19. The van der Waals surface area contributed by atoms with Crippen LogP contribution in [0.2, 0.25) is 0 Å². The van der Waals surface area contributed by atoms with Gasteiger partial charge >= 0.3 is 12.1 Å². The standard InChI is InChI=1S/C9H15Cl3N2O4/c10-9(11,12)5-18-8(17)14-6(7(15)16)3-1-2-4-13/h6H,1-5,13H2,(H,14,17)(H,15,16). The summed E-state index contributed by atoms with van der Waals surface area (Å²) in [5.41, 5.74) is 5.28. The maximum atomic E-state index is 11.2. The molecule has 0 saturated carbocycles. The maximum absolute atomic E-state index is 11.2. The van der Waals surface area contributed by atoms with E-state index in [1.807, 2.05) is 0 Å². The van der Waals surface area contributed by atoms with E-state index in [0.29, 0.717) is 19.4 Å². The van der Waals surface area contributed by atoms with Crippen LogP contribution in [0, 0.1) is 0 Å². The molecule has 18 heavy (non-hydrogen) atoms. The van der Waals surface area contributed by atoms with E-state index in [4.69, 9.17) is 45.6 Å². The van der Waals surface area contributed by atoms with Crippen LogP contribution >= 0.6 is 34.8 Å². The molecular weight excluding hydrogens is 306 g/mol. The van der Waals surface area contributed by atoms with Gasteiger partial charge in [0.1, 0.15) is 12.6 Å². The van der Waals surface area contributed by atoms with Gasteiger partial charge in [-0.15, -0.1) is 0 Å². The third-order valence-corrected chi connectivity index (χ3v) is 2.23. The number of nitrogens with one attached hydrogen (secondary N) is 1. The Morgan fingerprint density at radius 3 is 2.39 bits per heavy atom. The van der Waals surface area contributed by atoms with E-state index >= 15 is 0 Å². The van der Waals surface area contributed by atoms with E-state index in [-0.39, 0.29) is 6.42 Å². The Kier molecular flexibility index (Phi) is 8.43. The lowest BCUT2D eigenvalue weighted by Crippen LogP contribution is -2.41. The van der Waals surface area contributed by atoms with Crippen LogP contribution in [-0.4, -0.2) is 40.2 Å². The number of hydrogen-bond donors (Lipinski definition) is 3. The summed E-state index contributed by atoms with van der Waals surface area (Å²) in [6, 6.07) is -1.04. The lowest BCUT2D eigenvalue weighted by molar-refractivity contribution is -0.139. The molecule has 0 aliphatic carbocycles. The van der Waals surface area contributed by atoms with Crippen LogP contribution in [0.5, 0.6) is 0 Å². The van der Waals surface area contributed by atoms with Gasteiger partial charge in [0.25, 0.3) is 0 Å². The van der Waals surface area contributed by atoms with Crippen LogP contribution in [0.25, 0.3) is 0 Å². The van der Waals surface area contributed by atoms with Crippen LogP contribution in [0.4, 0.5) is 4.79 Å². The Morgan fingerprint density at radius 2 is 1.94 bits per heavy atom. The minimum absolute atomic E-state index is 0.259. The number of nitrogens with two attached hydrogens (primary N) is 1. The quantitative estimate of drug-likeness (QED) is 0.489. The number of hydrogen-bond acceptors (Lipinski definition) is 4. The number of carbonyl (C=O) groups excluding carboxylic acids is 1. The first kappa shape index (κ1) is 17.6. The minimum atomic E-state index is -1.73. The molecule has 0 aliphatic heterocycles.